The molecule has 1 heterocycles. The lowest BCUT2D eigenvalue weighted by atomic mass is 9.98. The Labute approximate surface area is 71.2 Å². The highest BCUT2D eigenvalue weighted by atomic mass is 16.3. The van der Waals surface area contributed by atoms with Gasteiger partial charge in [-0.1, -0.05) is 6.92 Å². The molecule has 1 N–H and O–H groups in total. The summed E-state index contributed by atoms with van der Waals surface area (Å²) in [7, 11) is 0. The van der Waals surface area contributed by atoms with Crippen molar-refractivity contribution >= 4 is 11.8 Å². The SMILES string of the molecule is CC1CC(=O)N(CCO)C(=O)C1. The van der Waals surface area contributed by atoms with Gasteiger partial charge < -0.3 is 5.11 Å². The van der Waals surface area contributed by atoms with Gasteiger partial charge in [0.2, 0.25) is 11.8 Å². The summed E-state index contributed by atoms with van der Waals surface area (Å²) in [5, 5.41) is 8.57. The Morgan fingerprint density at radius 2 is 1.92 bits per heavy atom. The van der Waals surface area contributed by atoms with E-state index in [2.05, 4.69) is 0 Å². The number of hydrogen-bond acceptors (Lipinski definition) is 3. The third-order valence-electron chi connectivity index (χ3n) is 1.97. The Morgan fingerprint density at radius 1 is 1.42 bits per heavy atom. The van der Waals surface area contributed by atoms with E-state index < -0.39 is 0 Å². The van der Waals surface area contributed by atoms with Crippen molar-refractivity contribution in [3.8, 4) is 0 Å². The number of piperidine rings is 1. The minimum Gasteiger partial charge on any atom is -0.395 e. The molecular formula is C8H13NO3. The first-order valence-corrected chi connectivity index (χ1v) is 4.09. The first-order chi connectivity index (χ1) is 5.65. The van der Waals surface area contributed by atoms with E-state index in [9.17, 15) is 9.59 Å². The number of aliphatic hydroxyl groups excluding tert-OH is 1. The number of hydrogen-bond donors (Lipinski definition) is 1. The average molecular weight is 171 g/mol. The van der Waals surface area contributed by atoms with E-state index in [1.54, 1.807) is 0 Å². The highest BCUT2D eigenvalue weighted by molar-refractivity contribution is 5.97. The molecule has 0 aliphatic carbocycles. The molecule has 0 aromatic carbocycles. The van der Waals surface area contributed by atoms with Crippen LogP contribution in [0.4, 0.5) is 0 Å². The zero-order valence-electron chi connectivity index (χ0n) is 7.12. The normalized spacial score (nSPS) is 20.3. The van der Waals surface area contributed by atoms with Crippen LogP contribution in [-0.4, -0.2) is 35.0 Å². The molecule has 0 spiro atoms. The number of carbonyl (C=O) groups excluding carboxylic acids is 2. The molecule has 0 aromatic rings. The molecule has 0 saturated carbocycles. The van der Waals surface area contributed by atoms with Crippen molar-refractivity contribution < 1.29 is 14.7 Å². The molecule has 4 nitrogen and oxygen atoms in total. The maximum Gasteiger partial charge on any atom is 0.229 e. The second kappa shape index (κ2) is 3.67. The number of imide groups is 1. The van der Waals surface area contributed by atoms with Crippen molar-refractivity contribution in [1.82, 2.24) is 4.90 Å². The highest BCUT2D eigenvalue weighted by Gasteiger charge is 2.29. The molecule has 0 atom stereocenters. The van der Waals surface area contributed by atoms with Gasteiger partial charge >= 0.3 is 0 Å². The number of β-amino-alcohol motifs (C(OH)–C–C–N with tert-alkyl or cyclic N) is 1. The van der Waals surface area contributed by atoms with Crippen LogP contribution in [0.15, 0.2) is 0 Å². The molecule has 1 aliphatic rings. The van der Waals surface area contributed by atoms with Crippen LogP contribution >= 0.6 is 0 Å². The van der Waals surface area contributed by atoms with Crippen molar-refractivity contribution in [3.05, 3.63) is 0 Å². The van der Waals surface area contributed by atoms with Crippen LogP contribution in [0.1, 0.15) is 19.8 Å². The van der Waals surface area contributed by atoms with Crippen molar-refractivity contribution in [2.75, 3.05) is 13.2 Å². The summed E-state index contributed by atoms with van der Waals surface area (Å²) in [5.74, 6) is -0.166. The molecule has 0 unspecified atom stereocenters. The van der Waals surface area contributed by atoms with Crippen LogP contribution in [-0.2, 0) is 9.59 Å². The van der Waals surface area contributed by atoms with Crippen molar-refractivity contribution in [1.29, 1.82) is 0 Å². The van der Waals surface area contributed by atoms with E-state index in [1.165, 1.54) is 0 Å². The molecule has 0 radical (unpaired) electrons. The largest absolute Gasteiger partial charge is 0.395 e. The van der Waals surface area contributed by atoms with E-state index in [0.29, 0.717) is 12.8 Å². The van der Waals surface area contributed by atoms with Crippen LogP contribution in [0, 0.1) is 5.92 Å². The van der Waals surface area contributed by atoms with E-state index >= 15 is 0 Å². The smallest absolute Gasteiger partial charge is 0.229 e. The molecule has 68 valence electrons. The lowest BCUT2D eigenvalue weighted by Gasteiger charge is -2.27. The molecule has 12 heavy (non-hydrogen) atoms. The van der Waals surface area contributed by atoms with E-state index in [0.717, 1.165) is 4.90 Å². The molecule has 0 bridgehead atoms. The van der Waals surface area contributed by atoms with Gasteiger partial charge in [-0.15, -0.1) is 0 Å². The first kappa shape index (κ1) is 9.19. The Bertz CT molecular complexity index is 184. The maximum atomic E-state index is 11.2. The minimum atomic E-state index is -0.159. The second-order valence-electron chi connectivity index (χ2n) is 3.18. The van der Waals surface area contributed by atoms with Crippen molar-refractivity contribution in [2.45, 2.75) is 19.8 Å². The van der Waals surface area contributed by atoms with Crippen LogP contribution in [0.2, 0.25) is 0 Å². The predicted octanol–water partition coefficient (Wildman–Crippen LogP) is -0.236. The van der Waals surface area contributed by atoms with Crippen LogP contribution in [0.25, 0.3) is 0 Å². The quantitative estimate of drug-likeness (QED) is 0.583. The van der Waals surface area contributed by atoms with Crippen molar-refractivity contribution in [3.63, 3.8) is 0 Å². The molecule has 1 fully saturated rings. The predicted molar refractivity (Wildman–Crippen MR) is 42.2 cm³/mol. The Hall–Kier alpha value is -0.900. The second-order valence-corrected chi connectivity index (χ2v) is 3.18. The molecule has 1 rings (SSSR count). The van der Waals surface area contributed by atoms with E-state index in [-0.39, 0.29) is 30.9 Å². The number of amides is 2. The van der Waals surface area contributed by atoms with Gasteiger partial charge in [0.25, 0.3) is 0 Å². The van der Waals surface area contributed by atoms with Gasteiger partial charge in [0, 0.05) is 12.8 Å². The summed E-state index contributed by atoms with van der Waals surface area (Å²) in [4.78, 5) is 23.5. The van der Waals surface area contributed by atoms with E-state index in [4.69, 9.17) is 5.11 Å². The molecule has 0 aromatic heterocycles. The number of rotatable bonds is 2. The summed E-state index contributed by atoms with van der Waals surface area (Å²) in [5.41, 5.74) is 0. The molecular weight excluding hydrogens is 158 g/mol. The van der Waals surface area contributed by atoms with E-state index in [1.807, 2.05) is 6.92 Å². The van der Waals surface area contributed by atoms with Crippen LogP contribution in [0.3, 0.4) is 0 Å². The number of carbonyl (C=O) groups is 2. The monoisotopic (exact) mass is 171 g/mol. The van der Waals surface area contributed by atoms with Gasteiger partial charge in [-0.05, 0) is 5.92 Å². The third-order valence-corrected chi connectivity index (χ3v) is 1.97. The standard InChI is InChI=1S/C8H13NO3/c1-6-4-7(11)9(2-3-10)8(12)5-6/h6,10H,2-5H2,1H3. The Balaban J connectivity index is 2.61. The summed E-state index contributed by atoms with van der Waals surface area (Å²) >= 11 is 0. The zero-order valence-corrected chi connectivity index (χ0v) is 7.12. The summed E-state index contributed by atoms with van der Waals surface area (Å²) in [6, 6.07) is 0. The Kier molecular flexibility index (Phi) is 2.81. The lowest BCUT2D eigenvalue weighted by Crippen LogP contribution is -2.44. The van der Waals surface area contributed by atoms with Crippen LogP contribution in [0.5, 0.6) is 0 Å². The van der Waals surface area contributed by atoms with Gasteiger partial charge in [-0.2, -0.15) is 0 Å². The third kappa shape index (κ3) is 1.82. The van der Waals surface area contributed by atoms with Gasteiger partial charge in [0.1, 0.15) is 0 Å². The lowest BCUT2D eigenvalue weighted by molar-refractivity contribution is -0.150. The highest BCUT2D eigenvalue weighted by Crippen LogP contribution is 2.17. The fraction of sp³-hybridized carbons (Fsp3) is 0.750. The molecule has 1 saturated heterocycles. The fourth-order valence-electron chi connectivity index (χ4n) is 1.38. The number of nitrogens with zero attached hydrogens (tertiary/aromatic N) is 1. The summed E-state index contributed by atoms with van der Waals surface area (Å²) in [6.07, 6.45) is 0.845. The molecule has 1 aliphatic heterocycles. The fourth-order valence-corrected chi connectivity index (χ4v) is 1.38. The Morgan fingerprint density at radius 3 is 2.33 bits per heavy atom. The number of likely N-dealkylation sites (tertiary alicyclic amines) is 1. The minimum absolute atomic E-state index is 0.143. The van der Waals surface area contributed by atoms with Gasteiger partial charge in [-0.25, -0.2) is 0 Å². The zero-order chi connectivity index (χ0) is 9.14. The van der Waals surface area contributed by atoms with Gasteiger partial charge in [-0.3, -0.25) is 14.5 Å². The van der Waals surface area contributed by atoms with Gasteiger partial charge in [0.05, 0.1) is 13.2 Å². The van der Waals surface area contributed by atoms with Crippen molar-refractivity contribution in [2.24, 2.45) is 5.92 Å². The summed E-state index contributed by atoms with van der Waals surface area (Å²) in [6.45, 7) is 1.88. The number of aliphatic hydroxyl groups is 1. The molecule has 2 amide bonds. The maximum absolute atomic E-state index is 11.2. The van der Waals surface area contributed by atoms with Crippen LogP contribution < -0.4 is 0 Å². The summed E-state index contributed by atoms with van der Waals surface area (Å²) < 4.78 is 0. The first-order valence-electron chi connectivity index (χ1n) is 4.09. The van der Waals surface area contributed by atoms with Gasteiger partial charge in [0.15, 0.2) is 0 Å². The average Bonchev–Trinajstić information content (AvgIpc) is 1.96. The molecule has 4 heteroatoms. The topological polar surface area (TPSA) is 57.6 Å².